The number of hydrogen-bond acceptors (Lipinski definition) is 2. The van der Waals surface area contributed by atoms with Gasteiger partial charge in [-0.1, -0.05) is 0 Å². The summed E-state index contributed by atoms with van der Waals surface area (Å²) in [5, 5.41) is 8.77. The first-order valence-electron chi connectivity index (χ1n) is 3.71. The highest BCUT2D eigenvalue weighted by Crippen LogP contribution is 2.31. The van der Waals surface area contributed by atoms with Gasteiger partial charge in [0.15, 0.2) is 6.10 Å². The van der Waals surface area contributed by atoms with Crippen LogP contribution in [0, 0.1) is 0 Å². The number of halogens is 3. The van der Waals surface area contributed by atoms with Crippen molar-refractivity contribution in [2.75, 3.05) is 0 Å². The third-order valence-electron chi connectivity index (χ3n) is 1.61. The summed E-state index contributed by atoms with van der Waals surface area (Å²) in [7, 11) is 0. The maximum atomic E-state index is 11.9. The number of aliphatic hydroxyl groups excluding tert-OH is 1. The van der Waals surface area contributed by atoms with E-state index in [1.165, 1.54) is 17.1 Å². The van der Waals surface area contributed by atoms with E-state index in [2.05, 4.69) is 4.98 Å². The molecule has 1 heterocycles. The fraction of sp³-hybridized carbons (Fsp3) is 0.571. The topological polar surface area (TPSA) is 38.0 Å². The number of nitrogens with zero attached hydrogens (tertiary/aromatic N) is 2. The third-order valence-corrected chi connectivity index (χ3v) is 1.61. The smallest absolute Gasteiger partial charge is 0.378 e. The summed E-state index contributed by atoms with van der Waals surface area (Å²) < 4.78 is 37.3. The van der Waals surface area contributed by atoms with Crippen molar-refractivity contribution in [3.8, 4) is 0 Å². The van der Waals surface area contributed by atoms with Crippen molar-refractivity contribution in [3.05, 3.63) is 18.2 Å². The summed E-state index contributed by atoms with van der Waals surface area (Å²) in [5.74, 6) is 0. The van der Waals surface area contributed by atoms with E-state index in [4.69, 9.17) is 5.11 Å². The lowest BCUT2D eigenvalue weighted by Crippen LogP contribution is -2.20. The molecule has 1 rings (SSSR count). The average molecular weight is 194 g/mol. The first-order valence-corrected chi connectivity index (χ1v) is 3.71. The molecule has 0 bridgehead atoms. The van der Waals surface area contributed by atoms with Gasteiger partial charge >= 0.3 is 6.18 Å². The van der Waals surface area contributed by atoms with Gasteiger partial charge in [-0.25, -0.2) is 4.98 Å². The number of hydrogen-bond donors (Lipinski definition) is 1. The monoisotopic (exact) mass is 194 g/mol. The Morgan fingerprint density at radius 2 is 2.23 bits per heavy atom. The predicted molar refractivity (Wildman–Crippen MR) is 38.9 cm³/mol. The molecule has 74 valence electrons. The molecule has 0 aromatic carbocycles. The molecule has 1 aromatic rings. The molecular formula is C7H9F3N2O. The van der Waals surface area contributed by atoms with Gasteiger partial charge < -0.3 is 9.67 Å². The molecule has 0 radical (unpaired) electrons. The summed E-state index contributed by atoms with van der Waals surface area (Å²) >= 11 is 0. The molecule has 0 fully saturated rings. The molecule has 1 N–H and O–H groups in total. The van der Waals surface area contributed by atoms with Gasteiger partial charge in [0.1, 0.15) is 0 Å². The minimum Gasteiger partial charge on any atom is -0.378 e. The molecule has 0 aliphatic rings. The Kier molecular flexibility index (Phi) is 2.60. The number of aromatic nitrogens is 2. The highest BCUT2D eigenvalue weighted by Gasteiger charge is 2.40. The highest BCUT2D eigenvalue weighted by molar-refractivity contribution is 5.03. The van der Waals surface area contributed by atoms with Crippen LogP contribution in [0.15, 0.2) is 12.5 Å². The molecule has 0 saturated heterocycles. The molecule has 0 aliphatic carbocycles. The predicted octanol–water partition coefficient (Wildman–Crippen LogP) is 1.50. The molecule has 0 amide bonds. The van der Waals surface area contributed by atoms with Gasteiger partial charge in [0.05, 0.1) is 12.0 Å². The van der Waals surface area contributed by atoms with Crippen molar-refractivity contribution in [1.29, 1.82) is 0 Å². The van der Waals surface area contributed by atoms with Crippen molar-refractivity contribution < 1.29 is 18.3 Å². The summed E-state index contributed by atoms with van der Waals surface area (Å²) in [5.41, 5.74) is -0.366. The molecule has 1 aromatic heterocycles. The number of alkyl halides is 3. The van der Waals surface area contributed by atoms with Crippen LogP contribution in [-0.2, 0) is 6.54 Å². The minimum atomic E-state index is -4.65. The van der Waals surface area contributed by atoms with Crippen LogP contribution in [0.4, 0.5) is 13.2 Å². The van der Waals surface area contributed by atoms with E-state index in [-0.39, 0.29) is 5.69 Å². The normalized spacial score (nSPS) is 14.5. The number of aryl methyl sites for hydroxylation is 1. The number of imidazole rings is 1. The Morgan fingerprint density at radius 3 is 2.62 bits per heavy atom. The zero-order valence-corrected chi connectivity index (χ0v) is 6.91. The van der Waals surface area contributed by atoms with Crippen molar-refractivity contribution in [2.45, 2.75) is 25.7 Å². The van der Waals surface area contributed by atoms with Gasteiger partial charge in [-0.15, -0.1) is 0 Å². The molecule has 0 spiro atoms. The van der Waals surface area contributed by atoms with Crippen LogP contribution >= 0.6 is 0 Å². The van der Waals surface area contributed by atoms with E-state index < -0.39 is 12.3 Å². The second-order valence-electron chi connectivity index (χ2n) is 2.57. The van der Waals surface area contributed by atoms with Gasteiger partial charge in [0.25, 0.3) is 0 Å². The molecule has 1 unspecified atom stereocenters. The van der Waals surface area contributed by atoms with Crippen LogP contribution in [0.5, 0.6) is 0 Å². The molecule has 1 atom stereocenters. The van der Waals surface area contributed by atoms with Crippen LogP contribution in [0.3, 0.4) is 0 Å². The number of aliphatic hydroxyl groups is 1. The molecule has 3 nitrogen and oxygen atoms in total. The van der Waals surface area contributed by atoms with E-state index in [1.807, 2.05) is 0 Å². The third kappa shape index (κ3) is 2.21. The van der Waals surface area contributed by atoms with Gasteiger partial charge in [-0.3, -0.25) is 0 Å². The van der Waals surface area contributed by atoms with Crippen LogP contribution in [0.1, 0.15) is 18.7 Å². The minimum absolute atomic E-state index is 0.366. The van der Waals surface area contributed by atoms with Gasteiger partial charge in [-0.05, 0) is 6.92 Å². The Bertz CT molecular complexity index is 282. The number of rotatable bonds is 2. The molecular weight excluding hydrogens is 185 g/mol. The van der Waals surface area contributed by atoms with E-state index in [1.54, 1.807) is 6.92 Å². The summed E-state index contributed by atoms with van der Waals surface area (Å²) in [6.07, 6.45) is -4.70. The van der Waals surface area contributed by atoms with Crippen molar-refractivity contribution in [2.24, 2.45) is 0 Å². The molecule has 6 heteroatoms. The fourth-order valence-corrected chi connectivity index (χ4v) is 0.859. The first-order chi connectivity index (χ1) is 5.95. The Balaban J connectivity index is 2.83. The summed E-state index contributed by atoms with van der Waals surface area (Å²) in [6, 6.07) is 0. The van der Waals surface area contributed by atoms with Gasteiger partial charge in [0.2, 0.25) is 0 Å². The average Bonchev–Trinajstić information content (AvgIpc) is 2.48. The summed E-state index contributed by atoms with van der Waals surface area (Å²) in [6.45, 7) is 2.29. The standard InChI is InChI=1S/C7H9F3N2O/c1-2-12-3-5(11-4-12)6(13)7(8,9)10/h3-4,6,13H,2H2,1H3. The lowest BCUT2D eigenvalue weighted by molar-refractivity contribution is -0.207. The van der Waals surface area contributed by atoms with E-state index in [0.29, 0.717) is 6.54 Å². The Hall–Kier alpha value is -1.04. The second-order valence-corrected chi connectivity index (χ2v) is 2.57. The van der Waals surface area contributed by atoms with Crippen molar-refractivity contribution >= 4 is 0 Å². The maximum Gasteiger partial charge on any atom is 0.420 e. The van der Waals surface area contributed by atoms with Crippen LogP contribution in [-0.4, -0.2) is 20.8 Å². The lowest BCUT2D eigenvalue weighted by Gasteiger charge is -2.11. The van der Waals surface area contributed by atoms with E-state index >= 15 is 0 Å². The first kappa shape index (κ1) is 10.0. The zero-order valence-electron chi connectivity index (χ0n) is 6.91. The maximum absolute atomic E-state index is 11.9. The van der Waals surface area contributed by atoms with Gasteiger partial charge in [-0.2, -0.15) is 13.2 Å². The summed E-state index contributed by atoms with van der Waals surface area (Å²) in [4.78, 5) is 3.45. The van der Waals surface area contributed by atoms with E-state index in [0.717, 1.165) is 0 Å². The van der Waals surface area contributed by atoms with Gasteiger partial charge in [0, 0.05) is 12.7 Å². The highest BCUT2D eigenvalue weighted by atomic mass is 19.4. The Labute approximate surface area is 72.8 Å². The Morgan fingerprint density at radius 1 is 1.62 bits per heavy atom. The van der Waals surface area contributed by atoms with Crippen molar-refractivity contribution in [3.63, 3.8) is 0 Å². The SMILES string of the molecule is CCn1cnc(C(O)C(F)(F)F)c1. The largest absolute Gasteiger partial charge is 0.420 e. The molecule has 0 aliphatic heterocycles. The molecule has 0 saturated carbocycles. The second kappa shape index (κ2) is 3.37. The van der Waals surface area contributed by atoms with E-state index in [9.17, 15) is 13.2 Å². The molecule has 13 heavy (non-hydrogen) atoms. The fourth-order valence-electron chi connectivity index (χ4n) is 0.859. The van der Waals surface area contributed by atoms with Crippen LogP contribution in [0.25, 0.3) is 0 Å². The van der Waals surface area contributed by atoms with Crippen molar-refractivity contribution in [1.82, 2.24) is 9.55 Å². The van der Waals surface area contributed by atoms with Crippen LogP contribution in [0.2, 0.25) is 0 Å². The van der Waals surface area contributed by atoms with Crippen LogP contribution < -0.4 is 0 Å². The zero-order chi connectivity index (χ0) is 10.1. The lowest BCUT2D eigenvalue weighted by atomic mass is 10.3. The quantitative estimate of drug-likeness (QED) is 0.774.